The molecule has 19 heavy (non-hydrogen) atoms. The van der Waals surface area contributed by atoms with Crippen LogP contribution in [0.4, 0.5) is 0 Å². The van der Waals surface area contributed by atoms with E-state index in [1.165, 1.54) is 44.9 Å². The van der Waals surface area contributed by atoms with Crippen molar-refractivity contribution >= 4 is 5.91 Å². The molecule has 4 heteroatoms. The molecule has 2 saturated carbocycles. The molecule has 0 unspecified atom stereocenters. The van der Waals surface area contributed by atoms with Crippen LogP contribution in [0.25, 0.3) is 0 Å². The maximum Gasteiger partial charge on any atom is 0.234 e. The second-order valence-corrected chi connectivity index (χ2v) is 5.86. The molecular weight excluding hydrogens is 240 g/mol. The Labute approximate surface area is 116 Å². The number of nitrogens with one attached hydrogen (secondary N) is 2. The van der Waals surface area contributed by atoms with Crippen LogP contribution >= 0.6 is 0 Å². The fourth-order valence-corrected chi connectivity index (χ4v) is 3.08. The molecule has 0 radical (unpaired) electrons. The van der Waals surface area contributed by atoms with Gasteiger partial charge < -0.3 is 15.4 Å². The van der Waals surface area contributed by atoms with Crippen LogP contribution in [0.5, 0.6) is 0 Å². The third-order valence-electron chi connectivity index (χ3n) is 4.19. The third-order valence-corrected chi connectivity index (χ3v) is 4.19. The Bertz CT molecular complexity index is 259. The zero-order valence-corrected chi connectivity index (χ0v) is 12.0. The third kappa shape index (κ3) is 5.91. The molecule has 0 heterocycles. The first-order chi connectivity index (χ1) is 9.34. The van der Waals surface area contributed by atoms with Gasteiger partial charge in [-0.1, -0.05) is 32.1 Å². The smallest absolute Gasteiger partial charge is 0.234 e. The maximum absolute atomic E-state index is 11.6. The molecule has 0 aromatic rings. The van der Waals surface area contributed by atoms with Crippen molar-refractivity contribution in [3.8, 4) is 0 Å². The summed E-state index contributed by atoms with van der Waals surface area (Å²) in [6.07, 6.45) is 11.7. The van der Waals surface area contributed by atoms with Crippen molar-refractivity contribution in [2.45, 2.75) is 69.9 Å². The number of hydrogen-bond donors (Lipinski definition) is 2. The van der Waals surface area contributed by atoms with E-state index in [9.17, 15) is 4.79 Å². The van der Waals surface area contributed by atoms with Gasteiger partial charge in [0.15, 0.2) is 0 Å². The standard InChI is InChI=1S/C15H28N2O2/c18-15(17-13-6-4-5-7-13)12-16-10-11-19-14-8-2-1-3-9-14/h13-14,16H,1-12H2,(H,17,18). The van der Waals surface area contributed by atoms with E-state index >= 15 is 0 Å². The minimum absolute atomic E-state index is 0.129. The van der Waals surface area contributed by atoms with Crippen LogP contribution in [-0.2, 0) is 9.53 Å². The first kappa shape index (κ1) is 14.8. The lowest BCUT2D eigenvalue weighted by Gasteiger charge is -2.22. The highest BCUT2D eigenvalue weighted by atomic mass is 16.5. The van der Waals surface area contributed by atoms with Gasteiger partial charge in [0.1, 0.15) is 0 Å². The lowest BCUT2D eigenvalue weighted by Crippen LogP contribution is -2.40. The van der Waals surface area contributed by atoms with E-state index in [1.54, 1.807) is 0 Å². The predicted octanol–water partition coefficient (Wildman–Crippen LogP) is 1.98. The van der Waals surface area contributed by atoms with Crippen LogP contribution in [0.2, 0.25) is 0 Å². The molecule has 2 aliphatic rings. The van der Waals surface area contributed by atoms with E-state index < -0.39 is 0 Å². The minimum Gasteiger partial charge on any atom is -0.377 e. The number of amides is 1. The van der Waals surface area contributed by atoms with E-state index in [0.29, 0.717) is 18.7 Å². The second kappa shape index (κ2) is 8.54. The minimum atomic E-state index is 0.129. The topological polar surface area (TPSA) is 50.4 Å². The van der Waals surface area contributed by atoms with Gasteiger partial charge in [0.05, 0.1) is 19.3 Å². The highest BCUT2D eigenvalue weighted by molar-refractivity contribution is 5.78. The zero-order valence-electron chi connectivity index (χ0n) is 12.0. The number of ether oxygens (including phenoxy) is 1. The lowest BCUT2D eigenvalue weighted by molar-refractivity contribution is -0.120. The molecule has 0 atom stereocenters. The average Bonchev–Trinajstić information content (AvgIpc) is 2.92. The van der Waals surface area contributed by atoms with Crippen LogP contribution in [0.1, 0.15) is 57.8 Å². The molecule has 2 N–H and O–H groups in total. The number of carbonyl (C=O) groups is 1. The molecule has 2 rings (SSSR count). The summed E-state index contributed by atoms with van der Waals surface area (Å²) in [7, 11) is 0. The SMILES string of the molecule is O=C(CNCCOC1CCCCC1)NC1CCCC1. The van der Waals surface area contributed by atoms with Crippen molar-refractivity contribution in [1.29, 1.82) is 0 Å². The fraction of sp³-hybridized carbons (Fsp3) is 0.933. The molecule has 0 spiro atoms. The van der Waals surface area contributed by atoms with E-state index in [1.807, 2.05) is 0 Å². The van der Waals surface area contributed by atoms with Gasteiger partial charge in [-0.3, -0.25) is 4.79 Å². The number of hydrogen-bond acceptors (Lipinski definition) is 3. The Balaban J connectivity index is 1.43. The van der Waals surface area contributed by atoms with Crippen molar-refractivity contribution in [3.05, 3.63) is 0 Å². The monoisotopic (exact) mass is 268 g/mol. The van der Waals surface area contributed by atoms with Gasteiger partial charge in [0, 0.05) is 12.6 Å². The van der Waals surface area contributed by atoms with Crippen LogP contribution in [-0.4, -0.2) is 37.7 Å². The Kier molecular flexibility index (Phi) is 6.65. The number of rotatable bonds is 7. The summed E-state index contributed by atoms with van der Waals surface area (Å²) >= 11 is 0. The summed E-state index contributed by atoms with van der Waals surface area (Å²) in [6.45, 7) is 1.92. The highest BCUT2D eigenvalue weighted by Gasteiger charge is 2.16. The van der Waals surface area contributed by atoms with Crippen LogP contribution < -0.4 is 10.6 Å². The first-order valence-electron chi connectivity index (χ1n) is 7.96. The Morgan fingerprint density at radius 3 is 2.42 bits per heavy atom. The zero-order chi connectivity index (χ0) is 13.3. The van der Waals surface area contributed by atoms with Crippen molar-refractivity contribution in [3.63, 3.8) is 0 Å². The molecule has 0 aromatic heterocycles. The highest BCUT2D eigenvalue weighted by Crippen LogP contribution is 2.19. The van der Waals surface area contributed by atoms with E-state index in [2.05, 4.69) is 10.6 Å². The molecular formula is C15H28N2O2. The molecule has 4 nitrogen and oxygen atoms in total. The van der Waals surface area contributed by atoms with Crippen LogP contribution in [0.3, 0.4) is 0 Å². The summed E-state index contributed by atoms with van der Waals surface area (Å²) < 4.78 is 5.80. The summed E-state index contributed by atoms with van der Waals surface area (Å²) in [5.41, 5.74) is 0. The summed E-state index contributed by atoms with van der Waals surface area (Å²) in [6, 6.07) is 0.424. The molecule has 0 saturated heterocycles. The Hall–Kier alpha value is -0.610. The van der Waals surface area contributed by atoms with Crippen molar-refractivity contribution in [1.82, 2.24) is 10.6 Å². The van der Waals surface area contributed by atoms with Crippen LogP contribution in [0, 0.1) is 0 Å². The Morgan fingerprint density at radius 1 is 1.00 bits per heavy atom. The number of carbonyl (C=O) groups excluding carboxylic acids is 1. The summed E-state index contributed by atoms with van der Waals surface area (Å²) in [5.74, 6) is 0.129. The van der Waals surface area contributed by atoms with Gasteiger partial charge in [-0.15, -0.1) is 0 Å². The van der Waals surface area contributed by atoms with E-state index in [0.717, 1.165) is 26.0 Å². The molecule has 0 bridgehead atoms. The van der Waals surface area contributed by atoms with Gasteiger partial charge in [0.2, 0.25) is 5.91 Å². The molecule has 1 amide bonds. The fourth-order valence-electron chi connectivity index (χ4n) is 3.08. The van der Waals surface area contributed by atoms with Crippen molar-refractivity contribution in [2.24, 2.45) is 0 Å². The largest absolute Gasteiger partial charge is 0.377 e. The lowest BCUT2D eigenvalue weighted by atomic mass is 9.98. The van der Waals surface area contributed by atoms with Gasteiger partial charge in [-0.2, -0.15) is 0 Å². The van der Waals surface area contributed by atoms with Gasteiger partial charge in [0.25, 0.3) is 0 Å². The van der Waals surface area contributed by atoms with Crippen molar-refractivity contribution in [2.75, 3.05) is 19.7 Å². The first-order valence-corrected chi connectivity index (χ1v) is 7.96. The van der Waals surface area contributed by atoms with Crippen LogP contribution in [0.15, 0.2) is 0 Å². The quantitative estimate of drug-likeness (QED) is 0.694. The summed E-state index contributed by atoms with van der Waals surface area (Å²) in [5, 5.41) is 6.24. The van der Waals surface area contributed by atoms with Gasteiger partial charge in [-0.05, 0) is 25.7 Å². The molecule has 2 fully saturated rings. The summed E-state index contributed by atoms with van der Waals surface area (Å²) in [4.78, 5) is 11.6. The Morgan fingerprint density at radius 2 is 1.68 bits per heavy atom. The van der Waals surface area contributed by atoms with Gasteiger partial charge in [-0.25, -0.2) is 0 Å². The normalized spacial score (nSPS) is 21.7. The molecule has 110 valence electrons. The van der Waals surface area contributed by atoms with Gasteiger partial charge >= 0.3 is 0 Å². The van der Waals surface area contributed by atoms with E-state index in [4.69, 9.17) is 4.74 Å². The average molecular weight is 268 g/mol. The predicted molar refractivity (Wildman–Crippen MR) is 76.1 cm³/mol. The second-order valence-electron chi connectivity index (χ2n) is 5.86. The molecule has 2 aliphatic carbocycles. The van der Waals surface area contributed by atoms with Crippen molar-refractivity contribution < 1.29 is 9.53 Å². The van der Waals surface area contributed by atoms with E-state index in [-0.39, 0.29) is 5.91 Å². The molecule has 0 aromatic carbocycles. The maximum atomic E-state index is 11.6. The molecule has 0 aliphatic heterocycles.